The van der Waals surface area contributed by atoms with Crippen molar-refractivity contribution in [2.45, 2.75) is 18.6 Å². The lowest BCUT2D eigenvalue weighted by Crippen LogP contribution is -2.29. The molecule has 0 unspecified atom stereocenters. The summed E-state index contributed by atoms with van der Waals surface area (Å²) in [4.78, 5) is 0. The number of hydrogen-bond donors (Lipinski definition) is 2. The fourth-order valence-electron chi connectivity index (χ4n) is 1.96. The van der Waals surface area contributed by atoms with Crippen LogP contribution in [0.25, 0.3) is 0 Å². The second-order valence-corrected chi connectivity index (χ2v) is 4.45. The number of nitrogens with two attached hydrogens (primary N) is 1. The second-order valence-electron chi connectivity index (χ2n) is 4.45. The lowest BCUT2D eigenvalue weighted by molar-refractivity contribution is 0.143. The molecule has 0 aliphatic rings. The van der Waals surface area contributed by atoms with Crippen LogP contribution in [0.15, 0.2) is 48.5 Å². The number of benzene rings is 2. The average molecular weight is 263 g/mol. The van der Waals surface area contributed by atoms with Gasteiger partial charge >= 0.3 is 0 Å². The molecular formula is C15H15F2NO. The Bertz CT molecular complexity index is 545. The highest BCUT2D eigenvalue weighted by Gasteiger charge is 2.20. The number of aliphatic hydroxyl groups excluding tert-OH is 1. The molecule has 2 rings (SSSR count). The van der Waals surface area contributed by atoms with Crippen LogP contribution in [0.4, 0.5) is 8.78 Å². The van der Waals surface area contributed by atoms with Gasteiger partial charge in [-0.1, -0.05) is 36.4 Å². The fraction of sp³-hybridized carbons (Fsp3) is 0.200. The summed E-state index contributed by atoms with van der Waals surface area (Å²) in [5.74, 6) is -1.40. The summed E-state index contributed by atoms with van der Waals surface area (Å²) in [6.45, 7) is 0. The standard InChI is InChI=1S/C15H15F2NO/c16-11-6-7-12(13(17)9-11)15(18)14(19)8-10-4-2-1-3-5-10/h1-7,9,14-15,19H,8,18H2/t14-,15+/m1/s1. The van der Waals surface area contributed by atoms with Gasteiger partial charge in [-0.3, -0.25) is 0 Å². The molecule has 0 aliphatic heterocycles. The Hall–Kier alpha value is -1.78. The van der Waals surface area contributed by atoms with E-state index in [1.54, 1.807) is 0 Å². The molecule has 2 aromatic carbocycles. The third-order valence-corrected chi connectivity index (χ3v) is 3.02. The molecule has 2 atom stereocenters. The molecule has 0 spiro atoms. The van der Waals surface area contributed by atoms with Crippen LogP contribution in [0.5, 0.6) is 0 Å². The van der Waals surface area contributed by atoms with Crippen molar-refractivity contribution in [2.24, 2.45) is 5.73 Å². The highest BCUT2D eigenvalue weighted by molar-refractivity contribution is 5.24. The minimum absolute atomic E-state index is 0.116. The van der Waals surface area contributed by atoms with E-state index in [4.69, 9.17) is 5.73 Å². The van der Waals surface area contributed by atoms with Crippen LogP contribution >= 0.6 is 0 Å². The summed E-state index contributed by atoms with van der Waals surface area (Å²) in [6.07, 6.45) is -0.610. The maximum atomic E-state index is 13.6. The smallest absolute Gasteiger partial charge is 0.130 e. The Morgan fingerprint density at radius 1 is 1.05 bits per heavy atom. The number of halogens is 2. The summed E-state index contributed by atoms with van der Waals surface area (Å²) < 4.78 is 26.4. The van der Waals surface area contributed by atoms with Crippen molar-refractivity contribution in [1.29, 1.82) is 0 Å². The van der Waals surface area contributed by atoms with Gasteiger partial charge in [0.2, 0.25) is 0 Å². The maximum absolute atomic E-state index is 13.6. The topological polar surface area (TPSA) is 46.2 Å². The zero-order valence-electron chi connectivity index (χ0n) is 10.3. The Labute approximate surface area is 110 Å². The molecule has 3 N–H and O–H groups in total. The molecular weight excluding hydrogens is 248 g/mol. The summed E-state index contributed by atoms with van der Waals surface area (Å²) in [7, 11) is 0. The molecule has 0 saturated heterocycles. The molecule has 0 radical (unpaired) electrons. The van der Waals surface area contributed by atoms with Gasteiger partial charge in [0.05, 0.1) is 12.1 Å². The van der Waals surface area contributed by atoms with Gasteiger partial charge in [-0.05, 0) is 11.6 Å². The minimum Gasteiger partial charge on any atom is -0.391 e. The first-order chi connectivity index (χ1) is 9.08. The molecule has 19 heavy (non-hydrogen) atoms. The zero-order valence-corrected chi connectivity index (χ0v) is 10.3. The van der Waals surface area contributed by atoms with Gasteiger partial charge in [-0.25, -0.2) is 8.78 Å². The molecule has 0 amide bonds. The average Bonchev–Trinajstić information content (AvgIpc) is 2.39. The van der Waals surface area contributed by atoms with Gasteiger partial charge in [-0.15, -0.1) is 0 Å². The van der Waals surface area contributed by atoms with Crippen molar-refractivity contribution in [3.63, 3.8) is 0 Å². The predicted molar refractivity (Wildman–Crippen MR) is 69.4 cm³/mol. The SMILES string of the molecule is N[C@@H](c1ccc(F)cc1F)[C@H](O)Cc1ccccc1. The van der Waals surface area contributed by atoms with Crippen LogP contribution in [0.3, 0.4) is 0 Å². The van der Waals surface area contributed by atoms with Crippen molar-refractivity contribution in [2.75, 3.05) is 0 Å². The van der Waals surface area contributed by atoms with Crippen LogP contribution in [0.1, 0.15) is 17.2 Å². The number of rotatable bonds is 4. The summed E-state index contributed by atoms with van der Waals surface area (Å²) in [5, 5.41) is 10.0. The molecule has 0 saturated carbocycles. The molecule has 4 heteroatoms. The number of aliphatic hydroxyl groups is 1. The Balaban J connectivity index is 2.12. The van der Waals surface area contributed by atoms with Crippen molar-refractivity contribution in [3.05, 3.63) is 71.3 Å². The molecule has 0 aliphatic carbocycles. The zero-order chi connectivity index (χ0) is 13.8. The van der Waals surface area contributed by atoms with Crippen LogP contribution in [0.2, 0.25) is 0 Å². The van der Waals surface area contributed by atoms with E-state index < -0.39 is 23.8 Å². The van der Waals surface area contributed by atoms with Gasteiger partial charge in [-0.2, -0.15) is 0 Å². The Morgan fingerprint density at radius 2 is 1.74 bits per heavy atom. The molecule has 2 nitrogen and oxygen atoms in total. The van der Waals surface area contributed by atoms with Gasteiger partial charge in [0.15, 0.2) is 0 Å². The Morgan fingerprint density at radius 3 is 2.37 bits per heavy atom. The molecule has 0 bridgehead atoms. The van der Waals surface area contributed by atoms with E-state index in [0.29, 0.717) is 6.42 Å². The van der Waals surface area contributed by atoms with E-state index in [2.05, 4.69) is 0 Å². The van der Waals surface area contributed by atoms with Crippen LogP contribution in [-0.4, -0.2) is 11.2 Å². The molecule has 0 aromatic heterocycles. The quantitative estimate of drug-likeness (QED) is 0.890. The second kappa shape index (κ2) is 5.91. The van der Waals surface area contributed by atoms with Crippen molar-refractivity contribution < 1.29 is 13.9 Å². The minimum atomic E-state index is -0.928. The van der Waals surface area contributed by atoms with Crippen molar-refractivity contribution in [1.82, 2.24) is 0 Å². The summed E-state index contributed by atoms with van der Waals surface area (Å²) in [5.41, 5.74) is 6.85. The predicted octanol–water partition coefficient (Wildman–Crippen LogP) is 2.57. The van der Waals surface area contributed by atoms with Gasteiger partial charge < -0.3 is 10.8 Å². The molecule has 0 heterocycles. The van der Waals surface area contributed by atoms with Gasteiger partial charge in [0.25, 0.3) is 0 Å². The first-order valence-electron chi connectivity index (χ1n) is 6.00. The van der Waals surface area contributed by atoms with Gasteiger partial charge in [0, 0.05) is 18.1 Å². The van der Waals surface area contributed by atoms with Crippen molar-refractivity contribution in [3.8, 4) is 0 Å². The summed E-state index contributed by atoms with van der Waals surface area (Å²) >= 11 is 0. The number of hydrogen-bond acceptors (Lipinski definition) is 2. The highest BCUT2D eigenvalue weighted by atomic mass is 19.1. The lowest BCUT2D eigenvalue weighted by Gasteiger charge is -2.19. The van der Waals surface area contributed by atoms with Crippen LogP contribution in [-0.2, 0) is 6.42 Å². The maximum Gasteiger partial charge on any atom is 0.130 e. The summed E-state index contributed by atoms with van der Waals surface area (Å²) in [6, 6.07) is 11.6. The third kappa shape index (κ3) is 3.36. The van der Waals surface area contributed by atoms with E-state index in [1.807, 2.05) is 30.3 Å². The van der Waals surface area contributed by atoms with Crippen LogP contribution < -0.4 is 5.73 Å². The van der Waals surface area contributed by atoms with E-state index in [9.17, 15) is 13.9 Å². The molecule has 100 valence electrons. The van der Waals surface area contributed by atoms with Crippen LogP contribution in [0, 0.1) is 11.6 Å². The lowest BCUT2D eigenvalue weighted by atomic mass is 9.96. The van der Waals surface area contributed by atoms with E-state index >= 15 is 0 Å². The molecule has 2 aromatic rings. The normalized spacial score (nSPS) is 14.1. The van der Waals surface area contributed by atoms with Crippen molar-refractivity contribution >= 4 is 0 Å². The van der Waals surface area contributed by atoms with E-state index in [0.717, 1.165) is 17.7 Å². The highest BCUT2D eigenvalue weighted by Crippen LogP contribution is 2.21. The van der Waals surface area contributed by atoms with E-state index in [-0.39, 0.29) is 5.56 Å². The van der Waals surface area contributed by atoms with E-state index in [1.165, 1.54) is 6.07 Å². The fourth-order valence-corrected chi connectivity index (χ4v) is 1.96. The largest absolute Gasteiger partial charge is 0.391 e. The third-order valence-electron chi connectivity index (χ3n) is 3.02. The Kier molecular flexibility index (Phi) is 4.24. The monoisotopic (exact) mass is 263 g/mol. The first kappa shape index (κ1) is 13.6. The molecule has 0 fully saturated rings. The first-order valence-corrected chi connectivity index (χ1v) is 6.00. The van der Waals surface area contributed by atoms with Gasteiger partial charge in [0.1, 0.15) is 11.6 Å².